The monoisotopic (exact) mass is 444 g/mol. The van der Waals surface area contributed by atoms with Gasteiger partial charge in [0, 0.05) is 5.39 Å². The number of nitrogens with zero attached hydrogens (tertiary/aromatic N) is 3. The second-order valence-electron chi connectivity index (χ2n) is 8.24. The number of fused-ring (bicyclic) bond motifs is 1. The number of aromatic nitrogens is 2. The highest BCUT2D eigenvalue weighted by molar-refractivity contribution is 6.03. The van der Waals surface area contributed by atoms with Gasteiger partial charge >= 0.3 is 5.97 Å². The van der Waals surface area contributed by atoms with E-state index in [1.165, 1.54) is 6.92 Å². The molecule has 1 N–H and O–H groups in total. The molecule has 8 heteroatoms. The van der Waals surface area contributed by atoms with Crippen molar-refractivity contribution in [2.45, 2.75) is 50.7 Å². The Labute approximate surface area is 190 Å². The zero-order chi connectivity index (χ0) is 23.4. The van der Waals surface area contributed by atoms with Crippen LogP contribution in [0.5, 0.6) is 0 Å². The maximum Gasteiger partial charge on any atom is 0.360 e. The molecule has 168 valence electrons. The van der Waals surface area contributed by atoms with Gasteiger partial charge in [0.05, 0.1) is 17.1 Å². The van der Waals surface area contributed by atoms with Crippen LogP contribution in [0, 0.1) is 11.3 Å². The predicted octanol–water partition coefficient (Wildman–Crippen LogP) is 3.27. The fourth-order valence-electron chi connectivity index (χ4n) is 4.11. The smallest absolute Gasteiger partial charge is 0.360 e. The van der Waals surface area contributed by atoms with Crippen LogP contribution in [0.15, 0.2) is 59.4 Å². The highest BCUT2D eigenvalue weighted by Crippen LogP contribution is 2.27. The molecule has 4 rings (SSSR count). The Morgan fingerprint density at radius 3 is 2.36 bits per heavy atom. The normalized spacial score (nSPS) is 15.9. The van der Waals surface area contributed by atoms with E-state index in [-0.39, 0.29) is 11.3 Å². The second kappa shape index (κ2) is 9.25. The first-order valence-corrected chi connectivity index (χ1v) is 11.0. The summed E-state index contributed by atoms with van der Waals surface area (Å²) >= 11 is 0. The molecular formula is C25H24N4O4. The topological polar surface area (TPSA) is 114 Å². The Balaban J connectivity index is 1.63. The van der Waals surface area contributed by atoms with Crippen LogP contribution in [0.1, 0.15) is 49.5 Å². The standard InChI is InChI=1S/C25H24N4O4/c1-17(22(30)27-25(16-26)14-8-3-9-15-25)33-24(32)21-19-12-6-7-13-20(19)23(31)29(28-21)18-10-4-2-5-11-18/h2,4-7,10-13,17H,3,8-9,14-15H2,1H3,(H,27,30). The van der Waals surface area contributed by atoms with E-state index >= 15 is 0 Å². The Morgan fingerprint density at radius 2 is 1.70 bits per heavy atom. The van der Waals surface area contributed by atoms with Crippen molar-refractivity contribution in [2.75, 3.05) is 0 Å². The first-order valence-electron chi connectivity index (χ1n) is 11.0. The molecule has 0 aliphatic heterocycles. The summed E-state index contributed by atoms with van der Waals surface area (Å²) in [6, 6.07) is 17.6. The van der Waals surface area contributed by atoms with Gasteiger partial charge in [0.25, 0.3) is 11.5 Å². The summed E-state index contributed by atoms with van der Waals surface area (Å²) in [5.41, 5.74) is -0.864. The Morgan fingerprint density at radius 1 is 1.06 bits per heavy atom. The van der Waals surface area contributed by atoms with Gasteiger partial charge in [-0.15, -0.1) is 0 Å². The van der Waals surface area contributed by atoms with E-state index in [1.54, 1.807) is 48.5 Å². The number of hydrogen-bond acceptors (Lipinski definition) is 6. The summed E-state index contributed by atoms with van der Waals surface area (Å²) in [5.74, 6) is -1.36. The minimum atomic E-state index is -1.14. The van der Waals surface area contributed by atoms with Crippen LogP contribution in [-0.4, -0.2) is 33.3 Å². The van der Waals surface area contributed by atoms with E-state index < -0.39 is 23.5 Å². The molecule has 1 heterocycles. The molecule has 2 aromatic carbocycles. The summed E-state index contributed by atoms with van der Waals surface area (Å²) in [5, 5.41) is 17.3. The number of nitriles is 1. The molecule has 33 heavy (non-hydrogen) atoms. The fraction of sp³-hybridized carbons (Fsp3) is 0.320. The molecule has 1 atom stereocenters. The zero-order valence-electron chi connectivity index (χ0n) is 18.3. The van der Waals surface area contributed by atoms with Gasteiger partial charge in [0.1, 0.15) is 5.54 Å². The van der Waals surface area contributed by atoms with Gasteiger partial charge in [-0.3, -0.25) is 9.59 Å². The minimum Gasteiger partial charge on any atom is -0.448 e. The summed E-state index contributed by atoms with van der Waals surface area (Å²) in [6.07, 6.45) is 2.76. The largest absolute Gasteiger partial charge is 0.448 e. The van der Waals surface area contributed by atoms with Crippen LogP contribution in [0.2, 0.25) is 0 Å². The van der Waals surface area contributed by atoms with Crippen LogP contribution in [0.4, 0.5) is 0 Å². The molecule has 0 spiro atoms. The molecule has 1 fully saturated rings. The maximum atomic E-state index is 13.1. The van der Waals surface area contributed by atoms with E-state index in [9.17, 15) is 19.6 Å². The number of esters is 1. The van der Waals surface area contributed by atoms with Crippen molar-refractivity contribution in [1.29, 1.82) is 5.26 Å². The van der Waals surface area contributed by atoms with Gasteiger partial charge in [-0.05, 0) is 38.0 Å². The van der Waals surface area contributed by atoms with Crippen molar-refractivity contribution in [1.82, 2.24) is 15.1 Å². The molecular weight excluding hydrogens is 420 g/mol. The number of ether oxygens (including phenoxy) is 1. The third-order valence-corrected chi connectivity index (χ3v) is 5.94. The van der Waals surface area contributed by atoms with Crippen molar-refractivity contribution in [3.05, 3.63) is 70.6 Å². The third-order valence-electron chi connectivity index (χ3n) is 5.94. The van der Waals surface area contributed by atoms with Crippen molar-refractivity contribution >= 4 is 22.6 Å². The van der Waals surface area contributed by atoms with Gasteiger partial charge in [-0.2, -0.15) is 15.0 Å². The lowest BCUT2D eigenvalue weighted by Gasteiger charge is -2.32. The molecule has 0 radical (unpaired) electrons. The molecule has 8 nitrogen and oxygen atoms in total. The number of carbonyl (C=O) groups excluding carboxylic acids is 2. The van der Waals surface area contributed by atoms with Crippen molar-refractivity contribution in [3.8, 4) is 11.8 Å². The second-order valence-corrected chi connectivity index (χ2v) is 8.24. The van der Waals surface area contributed by atoms with E-state index in [0.717, 1.165) is 23.9 Å². The highest BCUT2D eigenvalue weighted by atomic mass is 16.5. The SMILES string of the molecule is CC(OC(=O)c1nn(-c2ccccc2)c(=O)c2ccccc12)C(=O)NC1(C#N)CCCCC1. The van der Waals surface area contributed by atoms with Crippen LogP contribution in [0.25, 0.3) is 16.5 Å². The number of amides is 1. The first kappa shape index (κ1) is 22.2. The molecule has 0 saturated heterocycles. The number of carbonyl (C=O) groups is 2. The zero-order valence-corrected chi connectivity index (χ0v) is 18.3. The van der Waals surface area contributed by atoms with Crippen molar-refractivity contribution in [3.63, 3.8) is 0 Å². The van der Waals surface area contributed by atoms with Gasteiger partial charge in [-0.1, -0.05) is 55.7 Å². The molecule has 1 amide bonds. The number of rotatable bonds is 5. The highest BCUT2D eigenvalue weighted by Gasteiger charge is 2.35. The average molecular weight is 444 g/mol. The number of nitrogens with one attached hydrogen (secondary N) is 1. The fourth-order valence-corrected chi connectivity index (χ4v) is 4.11. The number of hydrogen-bond donors (Lipinski definition) is 1. The van der Waals surface area contributed by atoms with E-state index in [0.29, 0.717) is 29.3 Å². The lowest BCUT2D eigenvalue weighted by atomic mass is 9.83. The first-order chi connectivity index (χ1) is 15.9. The van der Waals surface area contributed by atoms with Crippen LogP contribution >= 0.6 is 0 Å². The Hall–Kier alpha value is -3.99. The van der Waals surface area contributed by atoms with E-state index in [1.807, 2.05) is 6.07 Å². The van der Waals surface area contributed by atoms with Crippen molar-refractivity contribution in [2.24, 2.45) is 0 Å². The summed E-state index contributed by atoms with van der Waals surface area (Å²) < 4.78 is 6.58. The van der Waals surface area contributed by atoms with Crippen LogP contribution in [0.3, 0.4) is 0 Å². The average Bonchev–Trinajstić information content (AvgIpc) is 2.85. The number of para-hydroxylation sites is 1. The van der Waals surface area contributed by atoms with Gasteiger partial charge in [0.15, 0.2) is 11.8 Å². The van der Waals surface area contributed by atoms with Gasteiger partial charge < -0.3 is 10.1 Å². The van der Waals surface area contributed by atoms with Crippen LogP contribution in [-0.2, 0) is 9.53 Å². The van der Waals surface area contributed by atoms with Gasteiger partial charge in [-0.25, -0.2) is 4.79 Å². The lowest BCUT2D eigenvalue weighted by Crippen LogP contribution is -2.52. The van der Waals surface area contributed by atoms with Crippen LogP contribution < -0.4 is 10.9 Å². The Bertz CT molecular complexity index is 1290. The molecule has 3 aromatic rings. The number of benzene rings is 2. The molecule has 1 unspecified atom stereocenters. The third kappa shape index (κ3) is 4.48. The van der Waals surface area contributed by atoms with Gasteiger partial charge in [0.2, 0.25) is 0 Å². The maximum absolute atomic E-state index is 13.1. The molecule has 0 bridgehead atoms. The molecule has 1 saturated carbocycles. The summed E-state index contributed by atoms with van der Waals surface area (Å²) in [6.45, 7) is 1.45. The Kier molecular flexibility index (Phi) is 6.22. The molecule has 1 aromatic heterocycles. The molecule has 1 aliphatic rings. The summed E-state index contributed by atoms with van der Waals surface area (Å²) in [4.78, 5) is 38.8. The van der Waals surface area contributed by atoms with E-state index in [4.69, 9.17) is 4.74 Å². The predicted molar refractivity (Wildman–Crippen MR) is 122 cm³/mol. The quantitative estimate of drug-likeness (QED) is 0.604. The molecule has 1 aliphatic carbocycles. The van der Waals surface area contributed by atoms with E-state index in [2.05, 4.69) is 16.5 Å². The lowest BCUT2D eigenvalue weighted by molar-refractivity contribution is -0.130. The minimum absolute atomic E-state index is 0.0682. The van der Waals surface area contributed by atoms with Crippen molar-refractivity contribution < 1.29 is 14.3 Å². The summed E-state index contributed by atoms with van der Waals surface area (Å²) in [7, 11) is 0.